The first-order valence-corrected chi connectivity index (χ1v) is 10.4. The van der Waals surface area contributed by atoms with Crippen molar-refractivity contribution in [1.29, 1.82) is 5.26 Å². The molecule has 2 aromatic carbocycles. The number of hydrogen-bond donors (Lipinski definition) is 1. The second kappa shape index (κ2) is 8.09. The van der Waals surface area contributed by atoms with Crippen LogP contribution in [-0.2, 0) is 4.79 Å². The predicted molar refractivity (Wildman–Crippen MR) is 112 cm³/mol. The number of nitrogens with one attached hydrogen (secondary N) is 1. The van der Waals surface area contributed by atoms with Gasteiger partial charge in [0.05, 0.1) is 32.5 Å². The maximum Gasteiger partial charge on any atom is 0.241 e. The number of likely N-dealkylation sites (tertiary alicyclic amines) is 1. The molecule has 1 saturated heterocycles. The first-order valence-electron chi connectivity index (χ1n) is 9.55. The summed E-state index contributed by atoms with van der Waals surface area (Å²) in [5, 5.41) is 13.3. The Morgan fingerprint density at radius 3 is 2.68 bits per heavy atom. The minimum atomic E-state index is -0.233. The molecule has 6 heteroatoms. The van der Waals surface area contributed by atoms with Gasteiger partial charge in [0, 0.05) is 5.92 Å². The van der Waals surface area contributed by atoms with Crippen LogP contribution in [0.1, 0.15) is 36.3 Å². The van der Waals surface area contributed by atoms with Gasteiger partial charge in [-0.3, -0.25) is 9.69 Å². The number of nitrogens with zero attached hydrogens (tertiary/aromatic N) is 3. The molecule has 0 unspecified atom stereocenters. The normalized spacial score (nSPS) is 16.6. The van der Waals surface area contributed by atoms with Crippen molar-refractivity contribution in [2.24, 2.45) is 0 Å². The number of rotatable bonds is 4. The van der Waals surface area contributed by atoms with Crippen LogP contribution in [0, 0.1) is 11.3 Å². The van der Waals surface area contributed by atoms with E-state index in [0.717, 1.165) is 31.4 Å². The summed E-state index contributed by atoms with van der Waals surface area (Å²) < 4.78 is 1.24. The van der Waals surface area contributed by atoms with Crippen LogP contribution in [0.3, 0.4) is 0 Å². The first-order chi connectivity index (χ1) is 13.7. The summed E-state index contributed by atoms with van der Waals surface area (Å²) in [6, 6.07) is 17.3. The molecule has 0 radical (unpaired) electrons. The van der Waals surface area contributed by atoms with Gasteiger partial charge in [-0.25, -0.2) is 4.98 Å². The minimum absolute atomic E-state index is 0.0684. The molecule has 1 aliphatic rings. The highest BCUT2D eigenvalue weighted by Gasteiger charge is 2.29. The molecular weight excluding hydrogens is 368 g/mol. The van der Waals surface area contributed by atoms with Gasteiger partial charge in [-0.1, -0.05) is 24.3 Å². The molecule has 1 aliphatic heterocycles. The van der Waals surface area contributed by atoms with E-state index in [9.17, 15) is 10.1 Å². The van der Waals surface area contributed by atoms with Crippen LogP contribution in [0.5, 0.6) is 0 Å². The third kappa shape index (κ3) is 3.77. The van der Waals surface area contributed by atoms with Crippen molar-refractivity contribution < 1.29 is 4.79 Å². The highest BCUT2D eigenvalue weighted by atomic mass is 32.1. The molecule has 0 bridgehead atoms. The number of nitriles is 1. The number of fused-ring (bicyclic) bond motifs is 1. The van der Waals surface area contributed by atoms with E-state index in [1.165, 1.54) is 9.71 Å². The van der Waals surface area contributed by atoms with Crippen molar-refractivity contribution in [3.63, 3.8) is 0 Å². The summed E-state index contributed by atoms with van der Waals surface area (Å²) in [7, 11) is 0. The standard InChI is InChI=1S/C22H22N4OS/c1-15(21(27)24-18-7-3-2-6-17(18)14-23)26-12-10-16(11-13-26)22-25-19-8-4-5-9-20(19)28-22/h2-9,15-16H,10-13H2,1H3,(H,24,27)/t15-/m0/s1. The fourth-order valence-corrected chi connectivity index (χ4v) is 4.83. The van der Waals surface area contributed by atoms with Crippen LogP contribution in [0.25, 0.3) is 10.2 Å². The average molecular weight is 391 g/mol. The number of anilines is 1. The number of carbonyl (C=O) groups is 1. The molecule has 28 heavy (non-hydrogen) atoms. The quantitative estimate of drug-likeness (QED) is 0.718. The Morgan fingerprint density at radius 2 is 1.93 bits per heavy atom. The predicted octanol–water partition coefficient (Wildman–Crippen LogP) is 4.37. The summed E-state index contributed by atoms with van der Waals surface area (Å²) in [6.07, 6.45) is 2.01. The molecular formula is C22H22N4OS. The first kappa shape index (κ1) is 18.6. The summed E-state index contributed by atoms with van der Waals surface area (Å²) in [5.41, 5.74) is 2.14. The Kier molecular flexibility index (Phi) is 5.38. The fourth-order valence-electron chi connectivity index (χ4n) is 3.69. The molecule has 0 spiro atoms. The highest BCUT2D eigenvalue weighted by Crippen LogP contribution is 2.34. The lowest BCUT2D eigenvalue weighted by Crippen LogP contribution is -2.45. The van der Waals surface area contributed by atoms with Gasteiger partial charge in [-0.15, -0.1) is 11.3 Å². The number of hydrogen-bond acceptors (Lipinski definition) is 5. The van der Waals surface area contributed by atoms with Crippen LogP contribution >= 0.6 is 11.3 Å². The maximum absolute atomic E-state index is 12.7. The van der Waals surface area contributed by atoms with Gasteiger partial charge in [0.1, 0.15) is 6.07 Å². The van der Waals surface area contributed by atoms with Crippen molar-refractivity contribution in [1.82, 2.24) is 9.88 Å². The Hall–Kier alpha value is -2.75. The second-order valence-electron chi connectivity index (χ2n) is 7.15. The number of benzene rings is 2. The van der Waals surface area contributed by atoms with Crippen molar-refractivity contribution >= 4 is 33.1 Å². The molecule has 1 aromatic heterocycles. The summed E-state index contributed by atoms with van der Waals surface area (Å²) in [4.78, 5) is 19.7. The summed E-state index contributed by atoms with van der Waals surface area (Å²) in [5.74, 6) is 0.393. The lowest BCUT2D eigenvalue weighted by atomic mass is 9.96. The number of amides is 1. The van der Waals surface area contributed by atoms with E-state index >= 15 is 0 Å². The van der Waals surface area contributed by atoms with Crippen molar-refractivity contribution in [3.8, 4) is 6.07 Å². The van der Waals surface area contributed by atoms with E-state index < -0.39 is 0 Å². The van der Waals surface area contributed by atoms with E-state index in [0.29, 0.717) is 17.2 Å². The average Bonchev–Trinajstić information content (AvgIpc) is 3.18. The van der Waals surface area contributed by atoms with E-state index in [1.54, 1.807) is 29.5 Å². The minimum Gasteiger partial charge on any atom is -0.324 e. The van der Waals surface area contributed by atoms with E-state index in [2.05, 4.69) is 34.5 Å². The zero-order chi connectivity index (χ0) is 19.5. The molecule has 1 fully saturated rings. The van der Waals surface area contributed by atoms with E-state index in [1.807, 2.05) is 19.1 Å². The molecule has 5 nitrogen and oxygen atoms in total. The number of thiazole rings is 1. The molecule has 1 N–H and O–H groups in total. The van der Waals surface area contributed by atoms with Gasteiger partial charge in [0.2, 0.25) is 5.91 Å². The van der Waals surface area contributed by atoms with Gasteiger partial charge in [-0.05, 0) is 57.1 Å². The molecule has 4 rings (SSSR count). The van der Waals surface area contributed by atoms with Gasteiger partial charge in [0.25, 0.3) is 0 Å². The molecule has 142 valence electrons. The molecule has 0 saturated carbocycles. The topological polar surface area (TPSA) is 69.0 Å². The van der Waals surface area contributed by atoms with Gasteiger partial charge in [0.15, 0.2) is 0 Å². The summed E-state index contributed by atoms with van der Waals surface area (Å²) in [6.45, 7) is 3.67. The Morgan fingerprint density at radius 1 is 1.21 bits per heavy atom. The third-order valence-electron chi connectivity index (χ3n) is 5.42. The highest BCUT2D eigenvalue weighted by molar-refractivity contribution is 7.18. The zero-order valence-corrected chi connectivity index (χ0v) is 16.6. The Bertz CT molecular complexity index is 997. The monoisotopic (exact) mass is 390 g/mol. The largest absolute Gasteiger partial charge is 0.324 e. The molecule has 1 atom stereocenters. The van der Waals surface area contributed by atoms with Crippen LogP contribution < -0.4 is 5.32 Å². The summed E-state index contributed by atoms with van der Waals surface area (Å²) >= 11 is 1.79. The van der Waals surface area contributed by atoms with Gasteiger partial charge in [-0.2, -0.15) is 5.26 Å². The number of para-hydroxylation sites is 2. The number of piperidine rings is 1. The van der Waals surface area contributed by atoms with E-state index in [-0.39, 0.29) is 11.9 Å². The lowest BCUT2D eigenvalue weighted by Gasteiger charge is -2.34. The number of carbonyl (C=O) groups excluding carboxylic acids is 1. The van der Waals surface area contributed by atoms with E-state index in [4.69, 9.17) is 4.98 Å². The van der Waals surface area contributed by atoms with Crippen molar-refractivity contribution in [2.75, 3.05) is 18.4 Å². The zero-order valence-electron chi connectivity index (χ0n) is 15.8. The maximum atomic E-state index is 12.7. The third-order valence-corrected chi connectivity index (χ3v) is 6.62. The van der Waals surface area contributed by atoms with Crippen LogP contribution in [-0.4, -0.2) is 34.9 Å². The molecule has 0 aliphatic carbocycles. The Labute approximate surface area is 168 Å². The smallest absolute Gasteiger partial charge is 0.241 e. The Balaban J connectivity index is 1.37. The van der Waals surface area contributed by atoms with Crippen molar-refractivity contribution in [3.05, 3.63) is 59.1 Å². The second-order valence-corrected chi connectivity index (χ2v) is 8.21. The van der Waals surface area contributed by atoms with Crippen molar-refractivity contribution in [2.45, 2.75) is 31.7 Å². The molecule has 1 amide bonds. The fraction of sp³-hybridized carbons (Fsp3) is 0.318. The van der Waals surface area contributed by atoms with Crippen LogP contribution in [0.4, 0.5) is 5.69 Å². The van der Waals surface area contributed by atoms with Crippen LogP contribution in [0.2, 0.25) is 0 Å². The van der Waals surface area contributed by atoms with Gasteiger partial charge >= 0.3 is 0 Å². The number of aromatic nitrogens is 1. The SMILES string of the molecule is C[C@@H](C(=O)Nc1ccccc1C#N)N1CCC(c2nc3ccccc3s2)CC1. The molecule has 3 aromatic rings. The molecule has 2 heterocycles. The van der Waals surface area contributed by atoms with Gasteiger partial charge < -0.3 is 5.32 Å². The lowest BCUT2D eigenvalue weighted by molar-refractivity contribution is -0.121. The van der Waals surface area contributed by atoms with Crippen LogP contribution in [0.15, 0.2) is 48.5 Å².